The first-order chi connectivity index (χ1) is 18.3. The number of aliphatic hydroxyl groups excluding tert-OH is 1. The van der Waals surface area contributed by atoms with Crippen molar-refractivity contribution in [2.75, 3.05) is 0 Å². The lowest BCUT2D eigenvalue weighted by Gasteiger charge is -2.45. The van der Waals surface area contributed by atoms with Crippen molar-refractivity contribution in [2.24, 2.45) is 10.4 Å². The highest BCUT2D eigenvalue weighted by molar-refractivity contribution is 6.47. The average molecular weight is 574 g/mol. The second-order valence-electron chi connectivity index (χ2n) is 12.2. The van der Waals surface area contributed by atoms with Crippen molar-refractivity contribution in [2.45, 2.75) is 97.1 Å². The van der Waals surface area contributed by atoms with Gasteiger partial charge in [-0.25, -0.2) is 4.79 Å². The molecule has 1 aliphatic carbocycles. The summed E-state index contributed by atoms with van der Waals surface area (Å²) < 4.78 is 5.36. The third-order valence-electron chi connectivity index (χ3n) is 7.43. The Morgan fingerprint density at radius 3 is 2.23 bits per heavy atom. The van der Waals surface area contributed by atoms with Crippen molar-refractivity contribution in [1.29, 1.82) is 0 Å². The number of carbonyl (C=O) groups excluding carboxylic acids is 2. The number of halogens is 2. The zero-order chi connectivity index (χ0) is 28.5. The Bertz CT molecular complexity index is 1220. The van der Waals surface area contributed by atoms with Crippen LogP contribution in [0.2, 0.25) is 10.0 Å². The van der Waals surface area contributed by atoms with Gasteiger partial charge in [0.15, 0.2) is 0 Å². The van der Waals surface area contributed by atoms with E-state index in [0.717, 1.165) is 12.0 Å². The van der Waals surface area contributed by atoms with Crippen LogP contribution in [0.25, 0.3) is 0 Å². The van der Waals surface area contributed by atoms with Crippen LogP contribution in [0.4, 0.5) is 0 Å². The highest BCUT2D eigenvalue weighted by Gasteiger charge is 2.51. The Hall–Kier alpha value is -2.41. The van der Waals surface area contributed by atoms with E-state index in [1.54, 1.807) is 30.3 Å². The van der Waals surface area contributed by atoms with Gasteiger partial charge in [-0.3, -0.25) is 9.79 Å². The molecule has 2 aromatic carbocycles. The zero-order valence-electron chi connectivity index (χ0n) is 23.3. The summed E-state index contributed by atoms with van der Waals surface area (Å²) in [5.41, 5.74) is 1.59. The van der Waals surface area contributed by atoms with Crippen LogP contribution >= 0.6 is 23.2 Å². The molecule has 1 heterocycles. The molecule has 1 amide bonds. The molecule has 2 aromatic rings. The predicted molar refractivity (Wildman–Crippen MR) is 155 cm³/mol. The monoisotopic (exact) mass is 572 g/mol. The number of esters is 1. The van der Waals surface area contributed by atoms with E-state index in [4.69, 9.17) is 32.9 Å². The van der Waals surface area contributed by atoms with Crippen molar-refractivity contribution < 1.29 is 19.4 Å². The number of hydrogen-bond acceptors (Lipinski definition) is 5. The van der Waals surface area contributed by atoms with E-state index < -0.39 is 11.8 Å². The smallest absolute Gasteiger partial charge is 0.338 e. The standard InChI is InChI=1S/C31H38Cl2N2O4/c1-19(2)39-29(38)21-8-6-20(7-9-21)26(12-13-30(3,4)5)35-28(37)27(22-16-23(32)18-24(33)17-22)34-31(35)14-10-25(36)11-15-31/h6-9,16-19,25-26,36H,10-15H2,1-5H3/t25?,26-,31?/m1/s1. The van der Waals surface area contributed by atoms with Gasteiger partial charge in [0.05, 0.1) is 23.8 Å². The van der Waals surface area contributed by atoms with Gasteiger partial charge in [0.1, 0.15) is 11.4 Å². The highest BCUT2D eigenvalue weighted by Crippen LogP contribution is 2.46. The zero-order valence-corrected chi connectivity index (χ0v) is 24.9. The molecule has 0 unspecified atom stereocenters. The summed E-state index contributed by atoms with van der Waals surface area (Å²) in [7, 11) is 0. The minimum atomic E-state index is -0.780. The molecule has 210 valence electrons. The van der Waals surface area contributed by atoms with Gasteiger partial charge in [-0.2, -0.15) is 0 Å². The molecule has 1 N–H and O–H groups in total. The minimum Gasteiger partial charge on any atom is -0.459 e. The number of hydrogen-bond donors (Lipinski definition) is 1. The number of amides is 1. The number of ether oxygens (including phenoxy) is 1. The molecular formula is C31H38Cl2N2O4. The topological polar surface area (TPSA) is 79.2 Å². The van der Waals surface area contributed by atoms with E-state index >= 15 is 0 Å². The van der Waals surface area contributed by atoms with E-state index in [1.165, 1.54) is 0 Å². The fourth-order valence-electron chi connectivity index (χ4n) is 5.48. The molecule has 4 rings (SSSR count). The molecule has 39 heavy (non-hydrogen) atoms. The van der Waals surface area contributed by atoms with Crippen LogP contribution in [0.1, 0.15) is 101 Å². The van der Waals surface area contributed by atoms with Crippen molar-refractivity contribution in [3.05, 3.63) is 69.2 Å². The number of aliphatic imine (C=N–C) groups is 1. The van der Waals surface area contributed by atoms with Gasteiger partial charge < -0.3 is 14.7 Å². The normalized spacial score (nSPS) is 22.4. The van der Waals surface area contributed by atoms with Gasteiger partial charge >= 0.3 is 5.97 Å². The second-order valence-corrected chi connectivity index (χ2v) is 13.1. The van der Waals surface area contributed by atoms with Gasteiger partial charge in [0.25, 0.3) is 5.91 Å². The van der Waals surface area contributed by atoms with Gasteiger partial charge in [-0.1, -0.05) is 56.1 Å². The molecule has 8 heteroatoms. The molecular weight excluding hydrogens is 535 g/mol. The lowest BCUT2D eigenvalue weighted by Crippen LogP contribution is -2.51. The summed E-state index contributed by atoms with van der Waals surface area (Å²) >= 11 is 12.6. The van der Waals surface area contributed by atoms with Gasteiger partial charge in [-0.05, 0) is 93.7 Å². The van der Waals surface area contributed by atoms with E-state index in [2.05, 4.69) is 20.8 Å². The highest BCUT2D eigenvalue weighted by atomic mass is 35.5. The third-order valence-corrected chi connectivity index (χ3v) is 7.87. The van der Waals surface area contributed by atoms with Crippen molar-refractivity contribution in [3.8, 4) is 0 Å². The number of aliphatic hydroxyl groups is 1. The van der Waals surface area contributed by atoms with Crippen LogP contribution in [0.15, 0.2) is 47.5 Å². The Balaban J connectivity index is 1.77. The Kier molecular flexibility index (Phi) is 8.79. The van der Waals surface area contributed by atoms with Gasteiger partial charge in [0, 0.05) is 15.6 Å². The minimum absolute atomic E-state index is 0.0438. The lowest BCUT2D eigenvalue weighted by atomic mass is 9.82. The summed E-state index contributed by atoms with van der Waals surface area (Å²) in [6, 6.07) is 12.2. The maximum Gasteiger partial charge on any atom is 0.338 e. The summed E-state index contributed by atoms with van der Waals surface area (Å²) in [4.78, 5) is 33.8. The Morgan fingerprint density at radius 2 is 1.69 bits per heavy atom. The van der Waals surface area contributed by atoms with Crippen molar-refractivity contribution >= 4 is 40.8 Å². The van der Waals surface area contributed by atoms with Crippen LogP contribution in [-0.2, 0) is 9.53 Å². The molecule has 0 bridgehead atoms. The largest absolute Gasteiger partial charge is 0.459 e. The number of benzene rings is 2. The first kappa shape index (κ1) is 29.6. The summed E-state index contributed by atoms with van der Waals surface area (Å²) in [5, 5.41) is 11.2. The molecule has 6 nitrogen and oxygen atoms in total. The van der Waals surface area contributed by atoms with Crippen LogP contribution < -0.4 is 0 Å². The number of rotatable bonds is 7. The number of nitrogens with zero attached hydrogens (tertiary/aromatic N) is 2. The molecule has 0 radical (unpaired) electrons. The molecule has 1 fully saturated rings. The van der Waals surface area contributed by atoms with Crippen molar-refractivity contribution in [1.82, 2.24) is 4.90 Å². The predicted octanol–water partition coefficient (Wildman–Crippen LogP) is 7.39. The molecule has 0 saturated heterocycles. The molecule has 2 aliphatic rings. The SMILES string of the molecule is CC(C)OC(=O)c1ccc([C@@H](CCC(C)(C)C)N2C(=O)C(c3cc(Cl)cc(Cl)c3)=NC23CCC(O)CC3)cc1. The van der Waals surface area contributed by atoms with Crippen LogP contribution in [-0.4, -0.2) is 45.5 Å². The second kappa shape index (κ2) is 11.6. The van der Waals surface area contributed by atoms with Crippen LogP contribution in [0.3, 0.4) is 0 Å². The molecule has 1 atom stereocenters. The van der Waals surface area contributed by atoms with Gasteiger partial charge in [-0.15, -0.1) is 0 Å². The molecule has 1 saturated carbocycles. The van der Waals surface area contributed by atoms with Crippen LogP contribution in [0, 0.1) is 5.41 Å². The Labute approximate surface area is 241 Å². The third kappa shape index (κ3) is 6.85. The van der Waals surface area contributed by atoms with E-state index in [-0.39, 0.29) is 29.4 Å². The summed E-state index contributed by atoms with van der Waals surface area (Å²) in [6.07, 6.45) is 3.20. The maximum absolute atomic E-state index is 14.3. The Morgan fingerprint density at radius 1 is 1.10 bits per heavy atom. The van der Waals surface area contributed by atoms with E-state index in [9.17, 15) is 14.7 Å². The van der Waals surface area contributed by atoms with Crippen LogP contribution in [0.5, 0.6) is 0 Å². The summed E-state index contributed by atoms with van der Waals surface area (Å²) in [6.45, 7) is 10.2. The lowest BCUT2D eigenvalue weighted by molar-refractivity contribution is -0.134. The maximum atomic E-state index is 14.3. The van der Waals surface area contributed by atoms with E-state index in [0.29, 0.717) is 59.0 Å². The fourth-order valence-corrected chi connectivity index (χ4v) is 6.00. The fraction of sp³-hybridized carbons (Fsp3) is 0.516. The number of carbonyl (C=O) groups is 2. The molecule has 0 aromatic heterocycles. The quantitative estimate of drug-likeness (QED) is 0.351. The van der Waals surface area contributed by atoms with Gasteiger partial charge in [0.2, 0.25) is 0 Å². The molecule has 1 spiro atoms. The first-order valence-corrected chi connectivity index (χ1v) is 14.4. The van der Waals surface area contributed by atoms with Crippen molar-refractivity contribution in [3.63, 3.8) is 0 Å². The first-order valence-electron chi connectivity index (χ1n) is 13.7. The summed E-state index contributed by atoms with van der Waals surface area (Å²) in [5.74, 6) is -0.548. The average Bonchev–Trinajstić information content (AvgIpc) is 3.12. The molecule has 1 aliphatic heterocycles. The van der Waals surface area contributed by atoms with E-state index in [1.807, 2.05) is 30.9 Å².